The largest absolute Gasteiger partial charge is 0.497 e. The topological polar surface area (TPSA) is 59.1 Å². The van der Waals surface area contributed by atoms with Crippen molar-refractivity contribution in [2.45, 2.75) is 0 Å². The number of nitrogens with one attached hydrogen (secondary N) is 2. The van der Waals surface area contributed by atoms with Crippen LogP contribution < -0.4 is 15.4 Å². The van der Waals surface area contributed by atoms with E-state index in [1.807, 2.05) is 78.9 Å². The highest BCUT2D eigenvalue weighted by Crippen LogP contribution is 2.27. The Morgan fingerprint density at radius 2 is 1.50 bits per heavy atom. The van der Waals surface area contributed by atoms with Crippen LogP contribution in [0.4, 0.5) is 23.1 Å². The van der Waals surface area contributed by atoms with Crippen LogP contribution in [0.15, 0.2) is 78.9 Å². The van der Waals surface area contributed by atoms with Crippen LogP contribution in [0.1, 0.15) is 0 Å². The van der Waals surface area contributed by atoms with Crippen LogP contribution in [0.3, 0.4) is 0 Å². The fourth-order valence-electron chi connectivity index (χ4n) is 2.72. The third-order valence-electron chi connectivity index (χ3n) is 3.97. The maximum absolute atomic E-state index is 5.27. The average Bonchev–Trinajstić information content (AvgIpc) is 2.69. The van der Waals surface area contributed by atoms with E-state index in [2.05, 4.69) is 20.6 Å². The van der Waals surface area contributed by atoms with Crippen molar-refractivity contribution < 1.29 is 4.74 Å². The monoisotopic (exact) mass is 342 g/mol. The molecule has 5 nitrogen and oxygen atoms in total. The second kappa shape index (κ2) is 7.11. The summed E-state index contributed by atoms with van der Waals surface area (Å²) in [7, 11) is 1.65. The van der Waals surface area contributed by atoms with Gasteiger partial charge in [0.25, 0.3) is 0 Å². The lowest BCUT2D eigenvalue weighted by Crippen LogP contribution is -2.02. The van der Waals surface area contributed by atoms with Crippen molar-refractivity contribution in [1.82, 2.24) is 9.97 Å². The van der Waals surface area contributed by atoms with E-state index < -0.39 is 0 Å². The molecule has 0 saturated carbocycles. The van der Waals surface area contributed by atoms with Gasteiger partial charge in [-0.1, -0.05) is 36.4 Å². The molecule has 0 amide bonds. The van der Waals surface area contributed by atoms with Crippen LogP contribution in [-0.4, -0.2) is 17.1 Å². The minimum absolute atomic E-state index is 0.524. The molecule has 0 spiro atoms. The lowest BCUT2D eigenvalue weighted by Gasteiger charge is -2.12. The molecule has 1 heterocycles. The molecule has 0 aliphatic heterocycles. The summed E-state index contributed by atoms with van der Waals surface area (Å²) < 4.78 is 5.27. The Bertz CT molecular complexity index is 1030. The Morgan fingerprint density at radius 3 is 2.35 bits per heavy atom. The van der Waals surface area contributed by atoms with Gasteiger partial charge in [0.1, 0.15) is 11.6 Å². The standard InChI is InChI=1S/C21H18N4O/c1-26-17-11-7-10-16(14-17)23-21-24-19-13-6-5-12-18(19)20(25-21)22-15-8-3-2-4-9-15/h2-14H,1H3,(H2,22,23,24,25). The lowest BCUT2D eigenvalue weighted by atomic mass is 10.2. The molecule has 0 unspecified atom stereocenters. The van der Waals surface area contributed by atoms with E-state index >= 15 is 0 Å². The molecule has 26 heavy (non-hydrogen) atoms. The molecule has 3 aromatic carbocycles. The van der Waals surface area contributed by atoms with Crippen LogP contribution in [0.25, 0.3) is 10.9 Å². The van der Waals surface area contributed by atoms with Crippen molar-refractivity contribution in [2.75, 3.05) is 17.7 Å². The highest BCUT2D eigenvalue weighted by atomic mass is 16.5. The summed E-state index contributed by atoms with van der Waals surface area (Å²) in [5, 5.41) is 7.60. The van der Waals surface area contributed by atoms with Gasteiger partial charge in [-0.25, -0.2) is 4.98 Å². The van der Waals surface area contributed by atoms with E-state index in [1.54, 1.807) is 7.11 Å². The number of anilines is 4. The summed E-state index contributed by atoms with van der Waals surface area (Å²) in [4.78, 5) is 9.30. The number of rotatable bonds is 5. The van der Waals surface area contributed by atoms with E-state index in [0.29, 0.717) is 5.95 Å². The first-order valence-corrected chi connectivity index (χ1v) is 8.32. The molecule has 0 atom stereocenters. The summed E-state index contributed by atoms with van der Waals surface area (Å²) in [6.07, 6.45) is 0. The minimum Gasteiger partial charge on any atom is -0.497 e. The fourth-order valence-corrected chi connectivity index (χ4v) is 2.72. The molecular formula is C21H18N4O. The Labute approximate surface area is 151 Å². The summed E-state index contributed by atoms with van der Waals surface area (Å²) >= 11 is 0. The van der Waals surface area contributed by atoms with Crippen molar-refractivity contribution in [3.63, 3.8) is 0 Å². The van der Waals surface area contributed by atoms with Gasteiger partial charge in [0.15, 0.2) is 0 Å². The highest BCUT2D eigenvalue weighted by molar-refractivity contribution is 5.92. The Kier molecular flexibility index (Phi) is 4.35. The Hall–Kier alpha value is -3.60. The molecule has 0 aliphatic rings. The first kappa shape index (κ1) is 15.9. The molecule has 0 fully saturated rings. The number of hydrogen-bond donors (Lipinski definition) is 2. The van der Waals surface area contributed by atoms with Crippen LogP contribution in [0, 0.1) is 0 Å². The van der Waals surface area contributed by atoms with E-state index in [1.165, 1.54) is 0 Å². The molecule has 4 aromatic rings. The second-order valence-corrected chi connectivity index (χ2v) is 5.76. The summed E-state index contributed by atoms with van der Waals surface area (Å²) in [6, 6.07) is 25.6. The Balaban J connectivity index is 1.73. The minimum atomic E-state index is 0.524. The molecule has 128 valence electrons. The molecule has 1 aromatic heterocycles. The highest BCUT2D eigenvalue weighted by Gasteiger charge is 2.08. The maximum atomic E-state index is 5.27. The normalized spacial score (nSPS) is 10.5. The van der Waals surface area contributed by atoms with Crippen molar-refractivity contribution in [1.29, 1.82) is 0 Å². The van der Waals surface area contributed by atoms with Crippen molar-refractivity contribution in [3.8, 4) is 5.75 Å². The average molecular weight is 342 g/mol. The molecule has 0 bridgehead atoms. The number of fused-ring (bicyclic) bond motifs is 1. The zero-order chi connectivity index (χ0) is 17.8. The van der Waals surface area contributed by atoms with Crippen molar-refractivity contribution >= 4 is 34.0 Å². The van der Waals surface area contributed by atoms with E-state index in [9.17, 15) is 0 Å². The van der Waals surface area contributed by atoms with Gasteiger partial charge in [-0.2, -0.15) is 4.98 Å². The van der Waals surface area contributed by atoms with Gasteiger partial charge in [-0.15, -0.1) is 0 Å². The lowest BCUT2D eigenvalue weighted by molar-refractivity contribution is 0.415. The van der Waals surface area contributed by atoms with Crippen LogP contribution >= 0.6 is 0 Å². The summed E-state index contributed by atoms with van der Waals surface area (Å²) in [5.41, 5.74) is 2.71. The van der Waals surface area contributed by atoms with Gasteiger partial charge < -0.3 is 15.4 Å². The van der Waals surface area contributed by atoms with Gasteiger partial charge in [0.05, 0.1) is 12.6 Å². The number of ether oxygens (including phenoxy) is 1. The Morgan fingerprint density at radius 1 is 0.731 bits per heavy atom. The van der Waals surface area contributed by atoms with Gasteiger partial charge in [-0.3, -0.25) is 0 Å². The maximum Gasteiger partial charge on any atom is 0.229 e. The molecule has 0 saturated heterocycles. The SMILES string of the molecule is COc1cccc(Nc2nc(Nc3ccccc3)c3ccccc3n2)c1. The first-order valence-electron chi connectivity index (χ1n) is 8.32. The summed E-state index contributed by atoms with van der Waals surface area (Å²) in [5.74, 6) is 2.06. The molecule has 0 aliphatic carbocycles. The number of aromatic nitrogens is 2. The number of para-hydroxylation sites is 2. The molecule has 5 heteroatoms. The quantitative estimate of drug-likeness (QED) is 0.527. The molecule has 4 rings (SSSR count). The predicted molar refractivity (Wildman–Crippen MR) is 106 cm³/mol. The molecular weight excluding hydrogens is 324 g/mol. The van der Waals surface area contributed by atoms with Gasteiger partial charge in [0, 0.05) is 22.8 Å². The molecule has 2 N–H and O–H groups in total. The van der Waals surface area contributed by atoms with Gasteiger partial charge >= 0.3 is 0 Å². The predicted octanol–water partition coefficient (Wildman–Crippen LogP) is 5.13. The van der Waals surface area contributed by atoms with E-state index in [4.69, 9.17) is 4.74 Å². The van der Waals surface area contributed by atoms with Crippen LogP contribution in [0.2, 0.25) is 0 Å². The van der Waals surface area contributed by atoms with E-state index in [0.717, 1.165) is 33.8 Å². The smallest absolute Gasteiger partial charge is 0.229 e. The molecule has 0 radical (unpaired) electrons. The number of hydrogen-bond acceptors (Lipinski definition) is 5. The zero-order valence-electron chi connectivity index (χ0n) is 14.3. The number of methoxy groups -OCH3 is 1. The van der Waals surface area contributed by atoms with Crippen molar-refractivity contribution in [2.24, 2.45) is 0 Å². The second-order valence-electron chi connectivity index (χ2n) is 5.76. The van der Waals surface area contributed by atoms with E-state index in [-0.39, 0.29) is 0 Å². The fraction of sp³-hybridized carbons (Fsp3) is 0.0476. The van der Waals surface area contributed by atoms with Crippen LogP contribution in [-0.2, 0) is 0 Å². The third kappa shape index (κ3) is 3.42. The number of nitrogens with zero attached hydrogens (tertiary/aromatic N) is 2. The summed E-state index contributed by atoms with van der Waals surface area (Å²) in [6.45, 7) is 0. The first-order chi connectivity index (χ1) is 12.8. The zero-order valence-corrected chi connectivity index (χ0v) is 14.3. The van der Waals surface area contributed by atoms with Gasteiger partial charge in [0.2, 0.25) is 5.95 Å². The van der Waals surface area contributed by atoms with Gasteiger partial charge in [-0.05, 0) is 36.4 Å². The third-order valence-corrected chi connectivity index (χ3v) is 3.97. The van der Waals surface area contributed by atoms with Crippen molar-refractivity contribution in [3.05, 3.63) is 78.9 Å². The van der Waals surface area contributed by atoms with Crippen LogP contribution in [0.5, 0.6) is 5.75 Å². The number of benzene rings is 3.